The van der Waals surface area contributed by atoms with Crippen LogP contribution >= 0.6 is 11.8 Å². The van der Waals surface area contributed by atoms with Gasteiger partial charge in [-0.1, -0.05) is 6.07 Å². The smallest absolute Gasteiger partial charge is 0.387 e. The van der Waals surface area contributed by atoms with Gasteiger partial charge in [-0.15, -0.1) is 0 Å². The van der Waals surface area contributed by atoms with Crippen LogP contribution in [0.15, 0.2) is 23.2 Å². The number of methoxy groups -OCH3 is 1. The molecular formula is C17H27F2N3O2S. The maximum atomic E-state index is 12.5. The lowest BCUT2D eigenvalue weighted by atomic mass is 10.1. The molecule has 5 nitrogen and oxygen atoms in total. The van der Waals surface area contributed by atoms with E-state index in [2.05, 4.69) is 40.5 Å². The van der Waals surface area contributed by atoms with E-state index < -0.39 is 6.61 Å². The third-order valence-corrected chi connectivity index (χ3v) is 4.86. The molecule has 0 unspecified atom stereocenters. The van der Waals surface area contributed by atoms with Crippen LogP contribution in [0.5, 0.6) is 11.5 Å². The summed E-state index contributed by atoms with van der Waals surface area (Å²) in [5, 5.41) is 6.49. The Balaban J connectivity index is 2.57. The lowest BCUT2D eigenvalue weighted by Gasteiger charge is -2.23. The average molecular weight is 375 g/mol. The fourth-order valence-electron chi connectivity index (χ4n) is 1.98. The molecule has 0 spiro atoms. The fourth-order valence-corrected chi connectivity index (χ4v) is 2.20. The van der Waals surface area contributed by atoms with E-state index in [9.17, 15) is 8.78 Å². The summed E-state index contributed by atoms with van der Waals surface area (Å²) < 4.78 is 34.6. The Morgan fingerprint density at radius 3 is 2.56 bits per heavy atom. The van der Waals surface area contributed by atoms with Crippen LogP contribution in [0.25, 0.3) is 0 Å². The summed E-state index contributed by atoms with van der Waals surface area (Å²) in [5.41, 5.74) is 0.865. The van der Waals surface area contributed by atoms with Crippen molar-refractivity contribution in [3.8, 4) is 11.5 Å². The van der Waals surface area contributed by atoms with Crippen LogP contribution in [-0.4, -0.2) is 50.8 Å². The molecule has 8 heteroatoms. The molecule has 0 aliphatic rings. The number of guanidine groups is 1. The highest BCUT2D eigenvalue weighted by Crippen LogP contribution is 2.29. The van der Waals surface area contributed by atoms with Crippen LogP contribution in [0, 0.1) is 0 Å². The largest absolute Gasteiger partial charge is 0.493 e. The Labute approximate surface area is 152 Å². The molecule has 1 aromatic rings. The molecule has 25 heavy (non-hydrogen) atoms. The van der Waals surface area contributed by atoms with E-state index in [1.165, 1.54) is 7.11 Å². The van der Waals surface area contributed by atoms with Crippen molar-refractivity contribution >= 4 is 17.7 Å². The topological polar surface area (TPSA) is 54.9 Å². The molecule has 1 aromatic carbocycles. The van der Waals surface area contributed by atoms with Gasteiger partial charge in [0.05, 0.1) is 7.11 Å². The Hall–Kier alpha value is -1.70. The van der Waals surface area contributed by atoms with Crippen molar-refractivity contribution in [3.63, 3.8) is 0 Å². The summed E-state index contributed by atoms with van der Waals surface area (Å²) in [7, 11) is 3.13. The number of nitrogens with one attached hydrogen (secondary N) is 2. The number of ether oxygens (including phenoxy) is 2. The first-order valence-electron chi connectivity index (χ1n) is 7.92. The monoisotopic (exact) mass is 375 g/mol. The van der Waals surface area contributed by atoms with Crippen molar-refractivity contribution in [1.82, 2.24) is 10.6 Å². The van der Waals surface area contributed by atoms with Crippen LogP contribution in [0.2, 0.25) is 0 Å². The van der Waals surface area contributed by atoms with Crippen molar-refractivity contribution in [2.45, 2.75) is 31.6 Å². The number of halogens is 2. The first-order valence-corrected chi connectivity index (χ1v) is 9.15. The number of aliphatic imine (C=N–C) groups is 1. The van der Waals surface area contributed by atoms with Crippen LogP contribution in [0.4, 0.5) is 8.78 Å². The Bertz CT molecular complexity index is 569. The van der Waals surface area contributed by atoms with Crippen LogP contribution < -0.4 is 20.1 Å². The van der Waals surface area contributed by atoms with Crippen molar-refractivity contribution in [2.75, 3.05) is 33.5 Å². The fraction of sp³-hybridized carbons (Fsp3) is 0.588. The van der Waals surface area contributed by atoms with Gasteiger partial charge in [0.1, 0.15) is 0 Å². The highest BCUT2D eigenvalue weighted by Gasteiger charge is 2.16. The Kier molecular flexibility index (Phi) is 8.82. The van der Waals surface area contributed by atoms with Crippen molar-refractivity contribution in [2.24, 2.45) is 4.99 Å². The molecule has 142 valence electrons. The second kappa shape index (κ2) is 10.3. The molecule has 0 atom stereocenters. The van der Waals surface area contributed by atoms with Crippen molar-refractivity contribution in [1.29, 1.82) is 0 Å². The number of rotatable bonds is 9. The minimum atomic E-state index is -2.88. The number of thioether (sulfide) groups is 1. The van der Waals surface area contributed by atoms with Gasteiger partial charge < -0.3 is 20.1 Å². The van der Waals surface area contributed by atoms with Gasteiger partial charge in [-0.05, 0) is 44.2 Å². The summed E-state index contributed by atoms with van der Waals surface area (Å²) >= 11 is 1.78. The third-order valence-electron chi connectivity index (χ3n) is 3.61. The zero-order valence-corrected chi connectivity index (χ0v) is 16.2. The van der Waals surface area contributed by atoms with Gasteiger partial charge in [0.15, 0.2) is 17.5 Å². The minimum absolute atomic E-state index is 0.0410. The third kappa shape index (κ3) is 7.81. The molecule has 1 rings (SSSR count). The zero-order valence-electron chi connectivity index (χ0n) is 15.4. The van der Waals surface area contributed by atoms with E-state index in [1.807, 2.05) is 6.07 Å². The zero-order chi connectivity index (χ0) is 18.9. The Morgan fingerprint density at radius 1 is 1.28 bits per heavy atom. The molecule has 0 saturated heterocycles. The normalized spacial score (nSPS) is 12.2. The number of hydrogen-bond acceptors (Lipinski definition) is 4. The van der Waals surface area contributed by atoms with Crippen LogP contribution in [0.1, 0.15) is 19.4 Å². The number of nitrogens with zero attached hydrogens (tertiary/aromatic N) is 1. The standard InChI is InChI=1S/C17H27F2N3O2S/c1-17(2,25-5)11-22-16(20-3)21-9-8-12-6-7-13(23-4)14(10-12)24-15(18)19/h6-7,10,15H,8-9,11H2,1-5H3,(H2,20,21,22). The summed E-state index contributed by atoms with van der Waals surface area (Å²) in [6.07, 6.45) is 2.71. The van der Waals surface area contributed by atoms with Crippen LogP contribution in [0.3, 0.4) is 0 Å². The first kappa shape index (κ1) is 21.3. The van der Waals surface area contributed by atoms with Crippen LogP contribution in [-0.2, 0) is 6.42 Å². The maximum absolute atomic E-state index is 12.5. The minimum Gasteiger partial charge on any atom is -0.493 e. The van der Waals surface area contributed by atoms with E-state index in [-0.39, 0.29) is 16.2 Å². The van der Waals surface area contributed by atoms with Crippen molar-refractivity contribution < 1.29 is 18.3 Å². The number of alkyl halides is 2. The van der Waals surface area contributed by atoms with Gasteiger partial charge in [0.2, 0.25) is 0 Å². The second-order valence-electron chi connectivity index (χ2n) is 5.93. The van der Waals surface area contributed by atoms with E-state index in [0.29, 0.717) is 18.9 Å². The van der Waals surface area contributed by atoms with E-state index in [1.54, 1.807) is 30.9 Å². The summed E-state index contributed by atoms with van der Waals surface area (Å²) in [4.78, 5) is 4.18. The summed E-state index contributed by atoms with van der Waals surface area (Å²) in [5.74, 6) is 1.03. The molecule has 0 fully saturated rings. The number of benzene rings is 1. The van der Waals surface area contributed by atoms with E-state index in [0.717, 1.165) is 12.1 Å². The molecule has 0 aromatic heterocycles. The number of hydrogen-bond donors (Lipinski definition) is 2. The van der Waals surface area contributed by atoms with Gasteiger partial charge in [-0.3, -0.25) is 4.99 Å². The predicted octanol–water partition coefficient (Wildman–Crippen LogP) is 3.15. The van der Waals surface area contributed by atoms with Gasteiger partial charge in [0.25, 0.3) is 0 Å². The molecule has 0 amide bonds. The van der Waals surface area contributed by atoms with Crippen molar-refractivity contribution in [3.05, 3.63) is 23.8 Å². The van der Waals surface area contributed by atoms with Gasteiger partial charge in [0, 0.05) is 24.9 Å². The highest BCUT2D eigenvalue weighted by atomic mass is 32.2. The van der Waals surface area contributed by atoms with Gasteiger partial charge in [-0.25, -0.2) is 0 Å². The maximum Gasteiger partial charge on any atom is 0.387 e. The van der Waals surface area contributed by atoms with E-state index in [4.69, 9.17) is 4.74 Å². The highest BCUT2D eigenvalue weighted by molar-refractivity contribution is 7.99. The molecule has 2 N–H and O–H groups in total. The average Bonchev–Trinajstić information content (AvgIpc) is 2.57. The first-order chi connectivity index (χ1) is 11.8. The quantitative estimate of drug-likeness (QED) is 0.513. The molecule has 0 heterocycles. The molecular weight excluding hydrogens is 348 g/mol. The Morgan fingerprint density at radius 2 is 2.00 bits per heavy atom. The molecule has 0 bridgehead atoms. The molecule has 0 aliphatic carbocycles. The van der Waals surface area contributed by atoms with Gasteiger partial charge in [-0.2, -0.15) is 20.5 Å². The lowest BCUT2D eigenvalue weighted by molar-refractivity contribution is -0.0512. The predicted molar refractivity (Wildman–Crippen MR) is 100 cm³/mol. The second-order valence-corrected chi connectivity index (χ2v) is 7.44. The SMILES string of the molecule is CN=C(NCCc1ccc(OC)c(OC(F)F)c1)NCC(C)(C)SC. The van der Waals surface area contributed by atoms with E-state index >= 15 is 0 Å². The van der Waals surface area contributed by atoms with Gasteiger partial charge >= 0.3 is 6.61 Å². The molecule has 0 saturated carbocycles. The lowest BCUT2D eigenvalue weighted by Crippen LogP contribution is -2.43. The summed E-state index contributed by atoms with van der Waals surface area (Å²) in [6, 6.07) is 5.02. The molecule has 0 radical (unpaired) electrons. The molecule has 0 aliphatic heterocycles. The summed E-state index contributed by atoms with van der Waals surface area (Å²) in [6.45, 7) is 2.81.